The molecule has 96 valence electrons. The highest BCUT2D eigenvalue weighted by molar-refractivity contribution is 6.11. The van der Waals surface area contributed by atoms with E-state index in [2.05, 4.69) is 0 Å². The Morgan fingerprint density at radius 3 is 2.28 bits per heavy atom. The molecule has 4 heteroatoms. The van der Waals surface area contributed by atoms with Gasteiger partial charge in [0, 0.05) is 5.56 Å². The molecule has 0 bridgehead atoms. The fourth-order valence-corrected chi connectivity index (χ4v) is 1.61. The molecule has 0 aliphatic rings. The third-order valence-corrected chi connectivity index (χ3v) is 2.54. The molecular formula is C14H16O4. The summed E-state index contributed by atoms with van der Waals surface area (Å²) in [4.78, 5) is 34.9. The fourth-order valence-electron chi connectivity index (χ4n) is 1.61. The molecule has 0 fully saturated rings. The van der Waals surface area contributed by atoms with Crippen LogP contribution < -0.4 is 0 Å². The molecule has 0 aliphatic carbocycles. The highest BCUT2D eigenvalue weighted by Crippen LogP contribution is 2.14. The molecular weight excluding hydrogens is 232 g/mol. The van der Waals surface area contributed by atoms with Gasteiger partial charge in [0.15, 0.2) is 5.78 Å². The van der Waals surface area contributed by atoms with Gasteiger partial charge in [-0.2, -0.15) is 0 Å². The van der Waals surface area contributed by atoms with Crippen LogP contribution in [0.5, 0.6) is 0 Å². The van der Waals surface area contributed by atoms with Gasteiger partial charge in [-0.05, 0) is 13.8 Å². The predicted octanol–water partition coefficient (Wildman–Crippen LogP) is 2.03. The topological polar surface area (TPSA) is 60.4 Å². The largest absolute Gasteiger partial charge is 0.466 e. The summed E-state index contributed by atoms with van der Waals surface area (Å²) < 4.78 is 4.77. The minimum Gasteiger partial charge on any atom is -0.466 e. The minimum absolute atomic E-state index is 0.198. The summed E-state index contributed by atoms with van der Waals surface area (Å²) in [5, 5.41) is 0. The summed E-state index contributed by atoms with van der Waals surface area (Å²) in [7, 11) is 0. The van der Waals surface area contributed by atoms with Crippen molar-refractivity contribution in [3.63, 3.8) is 0 Å². The first-order chi connectivity index (χ1) is 8.56. The Labute approximate surface area is 106 Å². The zero-order valence-corrected chi connectivity index (χ0v) is 10.5. The molecule has 18 heavy (non-hydrogen) atoms. The van der Waals surface area contributed by atoms with E-state index < -0.39 is 11.9 Å². The molecule has 0 aliphatic heterocycles. The molecule has 0 saturated heterocycles. The lowest BCUT2D eigenvalue weighted by atomic mass is 9.91. The molecule has 0 aromatic heterocycles. The van der Waals surface area contributed by atoms with Gasteiger partial charge in [-0.1, -0.05) is 30.3 Å². The van der Waals surface area contributed by atoms with Crippen molar-refractivity contribution < 1.29 is 19.1 Å². The molecule has 0 saturated carbocycles. The van der Waals surface area contributed by atoms with Crippen LogP contribution in [0.2, 0.25) is 0 Å². The lowest BCUT2D eigenvalue weighted by Gasteiger charge is -2.11. The Bertz CT molecular complexity index is 436. The molecule has 1 aromatic rings. The number of carbonyl (C=O) groups is 3. The quantitative estimate of drug-likeness (QED) is 0.439. The van der Waals surface area contributed by atoms with Crippen LogP contribution in [0.1, 0.15) is 30.6 Å². The van der Waals surface area contributed by atoms with E-state index in [0.29, 0.717) is 5.56 Å². The van der Waals surface area contributed by atoms with Gasteiger partial charge in [-0.25, -0.2) is 0 Å². The second-order valence-electron chi connectivity index (χ2n) is 3.90. The van der Waals surface area contributed by atoms with Gasteiger partial charge < -0.3 is 4.74 Å². The van der Waals surface area contributed by atoms with Crippen molar-refractivity contribution in [2.45, 2.75) is 20.3 Å². The Balaban J connectivity index is 2.83. The van der Waals surface area contributed by atoms with Crippen molar-refractivity contribution >= 4 is 17.5 Å². The molecule has 1 rings (SSSR count). The Morgan fingerprint density at radius 1 is 1.17 bits per heavy atom. The van der Waals surface area contributed by atoms with E-state index in [1.54, 1.807) is 37.3 Å². The number of esters is 1. The number of hydrogen-bond donors (Lipinski definition) is 0. The molecule has 1 atom stereocenters. The van der Waals surface area contributed by atoms with Crippen LogP contribution in [0.25, 0.3) is 0 Å². The highest BCUT2D eigenvalue weighted by atomic mass is 16.5. The average Bonchev–Trinajstić information content (AvgIpc) is 2.36. The molecule has 4 nitrogen and oxygen atoms in total. The van der Waals surface area contributed by atoms with Crippen molar-refractivity contribution in [2.24, 2.45) is 5.92 Å². The van der Waals surface area contributed by atoms with Crippen LogP contribution in [-0.2, 0) is 14.3 Å². The number of rotatable bonds is 6. The smallest absolute Gasteiger partial charge is 0.306 e. The van der Waals surface area contributed by atoms with Crippen molar-refractivity contribution in [3.05, 3.63) is 35.9 Å². The summed E-state index contributed by atoms with van der Waals surface area (Å²) in [6.45, 7) is 3.23. The van der Waals surface area contributed by atoms with E-state index in [4.69, 9.17) is 4.74 Å². The molecule has 0 spiro atoms. The number of benzene rings is 1. The van der Waals surface area contributed by atoms with Gasteiger partial charge in [-0.15, -0.1) is 0 Å². The lowest BCUT2D eigenvalue weighted by Crippen LogP contribution is -2.26. The van der Waals surface area contributed by atoms with Crippen LogP contribution in [-0.4, -0.2) is 24.1 Å². The average molecular weight is 248 g/mol. The maximum Gasteiger partial charge on any atom is 0.306 e. The third kappa shape index (κ3) is 3.80. The van der Waals surface area contributed by atoms with Gasteiger partial charge in [0.2, 0.25) is 0 Å². The van der Waals surface area contributed by atoms with E-state index in [1.807, 2.05) is 0 Å². The van der Waals surface area contributed by atoms with Crippen molar-refractivity contribution in [1.29, 1.82) is 0 Å². The van der Waals surface area contributed by atoms with Gasteiger partial charge in [0.05, 0.1) is 18.9 Å². The zero-order valence-electron chi connectivity index (χ0n) is 10.5. The Morgan fingerprint density at radius 2 is 1.78 bits per heavy atom. The first-order valence-corrected chi connectivity index (χ1v) is 5.81. The zero-order chi connectivity index (χ0) is 13.5. The summed E-state index contributed by atoms with van der Waals surface area (Å²) in [6, 6.07) is 8.47. The lowest BCUT2D eigenvalue weighted by molar-refractivity contribution is -0.145. The van der Waals surface area contributed by atoms with E-state index in [1.165, 1.54) is 6.92 Å². The summed E-state index contributed by atoms with van der Waals surface area (Å²) in [6.07, 6.45) is -0.198. The van der Waals surface area contributed by atoms with Crippen molar-refractivity contribution in [1.82, 2.24) is 0 Å². The molecule has 0 heterocycles. The second-order valence-corrected chi connectivity index (χ2v) is 3.90. The number of Topliss-reactive ketones (excluding diaryl/α,β-unsaturated/α-hetero) is 2. The van der Waals surface area contributed by atoms with Gasteiger partial charge in [0.25, 0.3) is 0 Å². The minimum atomic E-state index is -0.952. The Hall–Kier alpha value is -1.97. The molecule has 1 aromatic carbocycles. The van der Waals surface area contributed by atoms with E-state index in [0.717, 1.165) is 0 Å². The molecule has 0 amide bonds. The number of hydrogen-bond acceptors (Lipinski definition) is 4. The predicted molar refractivity (Wildman–Crippen MR) is 66.2 cm³/mol. The van der Waals surface area contributed by atoms with E-state index in [9.17, 15) is 14.4 Å². The first kappa shape index (κ1) is 14.1. The SMILES string of the molecule is CCOC(=O)C[C@H](C(C)=O)C(=O)c1ccccc1. The number of carbonyl (C=O) groups excluding carboxylic acids is 3. The van der Waals surface area contributed by atoms with Gasteiger partial charge in [0.1, 0.15) is 5.78 Å². The van der Waals surface area contributed by atoms with Crippen LogP contribution in [0.3, 0.4) is 0 Å². The van der Waals surface area contributed by atoms with Crippen molar-refractivity contribution in [2.75, 3.05) is 6.61 Å². The van der Waals surface area contributed by atoms with Gasteiger partial charge >= 0.3 is 5.97 Å². The van der Waals surface area contributed by atoms with Crippen molar-refractivity contribution in [3.8, 4) is 0 Å². The van der Waals surface area contributed by atoms with Crippen LogP contribution >= 0.6 is 0 Å². The standard InChI is InChI=1S/C14H16O4/c1-3-18-13(16)9-12(10(2)15)14(17)11-7-5-4-6-8-11/h4-8,12H,3,9H2,1-2H3/t12-/m1/s1. The summed E-state index contributed by atoms with van der Waals surface area (Å²) >= 11 is 0. The fraction of sp³-hybridized carbons (Fsp3) is 0.357. The molecule has 0 radical (unpaired) electrons. The Kier molecular flexibility index (Phi) is 5.24. The monoisotopic (exact) mass is 248 g/mol. The highest BCUT2D eigenvalue weighted by Gasteiger charge is 2.27. The summed E-state index contributed by atoms with van der Waals surface area (Å²) in [5.41, 5.74) is 0.432. The van der Waals surface area contributed by atoms with Gasteiger partial charge in [-0.3, -0.25) is 14.4 Å². The van der Waals surface area contributed by atoms with E-state index in [-0.39, 0.29) is 24.6 Å². The normalized spacial score (nSPS) is 11.7. The third-order valence-electron chi connectivity index (χ3n) is 2.54. The number of ether oxygens (including phenoxy) is 1. The molecule has 0 N–H and O–H groups in total. The number of ketones is 2. The van der Waals surface area contributed by atoms with E-state index >= 15 is 0 Å². The van der Waals surface area contributed by atoms with Crippen LogP contribution in [0, 0.1) is 5.92 Å². The maximum atomic E-state index is 12.1. The summed E-state index contributed by atoms with van der Waals surface area (Å²) in [5.74, 6) is -2.14. The van der Waals surface area contributed by atoms with Crippen LogP contribution in [0.4, 0.5) is 0 Å². The first-order valence-electron chi connectivity index (χ1n) is 5.81. The van der Waals surface area contributed by atoms with Crippen LogP contribution in [0.15, 0.2) is 30.3 Å². The second kappa shape index (κ2) is 6.69. The molecule has 0 unspecified atom stereocenters. The maximum absolute atomic E-state index is 12.1.